The van der Waals surface area contributed by atoms with E-state index in [4.69, 9.17) is 9.84 Å². The second-order valence-corrected chi connectivity index (χ2v) is 3.59. The third-order valence-corrected chi connectivity index (χ3v) is 1.94. The SMILES string of the molecule is CC(COc1ccc(F)cc1F)CC(=O)O. The van der Waals surface area contributed by atoms with Crippen molar-refractivity contribution in [2.75, 3.05) is 6.61 Å². The van der Waals surface area contributed by atoms with E-state index in [0.29, 0.717) is 0 Å². The molecule has 0 saturated heterocycles. The van der Waals surface area contributed by atoms with E-state index in [0.717, 1.165) is 12.1 Å². The van der Waals surface area contributed by atoms with Crippen molar-refractivity contribution in [3.05, 3.63) is 29.8 Å². The Morgan fingerprint density at radius 2 is 2.19 bits per heavy atom. The molecule has 0 spiro atoms. The topological polar surface area (TPSA) is 46.5 Å². The zero-order chi connectivity index (χ0) is 12.1. The van der Waals surface area contributed by atoms with Crippen molar-refractivity contribution in [3.8, 4) is 5.75 Å². The number of aliphatic carboxylic acids is 1. The Hall–Kier alpha value is -1.65. The maximum Gasteiger partial charge on any atom is 0.303 e. The lowest BCUT2D eigenvalue weighted by molar-refractivity contribution is -0.138. The summed E-state index contributed by atoms with van der Waals surface area (Å²) in [7, 11) is 0. The fraction of sp³-hybridized carbons (Fsp3) is 0.364. The van der Waals surface area contributed by atoms with Crippen LogP contribution in [-0.4, -0.2) is 17.7 Å². The van der Waals surface area contributed by atoms with E-state index in [2.05, 4.69) is 0 Å². The Morgan fingerprint density at radius 3 is 2.75 bits per heavy atom. The lowest BCUT2D eigenvalue weighted by Gasteiger charge is -2.11. The number of benzene rings is 1. The van der Waals surface area contributed by atoms with Crippen molar-refractivity contribution in [1.29, 1.82) is 0 Å². The van der Waals surface area contributed by atoms with E-state index in [1.165, 1.54) is 6.07 Å². The van der Waals surface area contributed by atoms with Crippen LogP contribution in [0.2, 0.25) is 0 Å². The van der Waals surface area contributed by atoms with Gasteiger partial charge in [-0.1, -0.05) is 6.92 Å². The van der Waals surface area contributed by atoms with Gasteiger partial charge in [-0.15, -0.1) is 0 Å². The summed E-state index contributed by atoms with van der Waals surface area (Å²) in [6, 6.07) is 2.98. The first-order chi connectivity index (χ1) is 7.49. The van der Waals surface area contributed by atoms with E-state index in [9.17, 15) is 13.6 Å². The Kier molecular flexibility index (Phi) is 4.22. The van der Waals surface area contributed by atoms with Crippen LogP contribution in [-0.2, 0) is 4.79 Å². The van der Waals surface area contributed by atoms with Crippen LogP contribution in [0.15, 0.2) is 18.2 Å². The number of rotatable bonds is 5. The van der Waals surface area contributed by atoms with Gasteiger partial charge < -0.3 is 9.84 Å². The van der Waals surface area contributed by atoms with Crippen molar-refractivity contribution in [3.63, 3.8) is 0 Å². The number of hydrogen-bond donors (Lipinski definition) is 1. The summed E-state index contributed by atoms with van der Waals surface area (Å²) in [6.07, 6.45) is -0.0528. The second kappa shape index (κ2) is 5.44. The molecule has 1 N–H and O–H groups in total. The molecule has 0 aliphatic carbocycles. The maximum atomic E-state index is 13.1. The van der Waals surface area contributed by atoms with Gasteiger partial charge in [0.2, 0.25) is 0 Å². The van der Waals surface area contributed by atoms with Crippen LogP contribution < -0.4 is 4.74 Å². The van der Waals surface area contributed by atoms with Gasteiger partial charge >= 0.3 is 5.97 Å². The molecule has 1 unspecified atom stereocenters. The van der Waals surface area contributed by atoms with Crippen molar-refractivity contribution in [1.82, 2.24) is 0 Å². The van der Waals surface area contributed by atoms with E-state index >= 15 is 0 Å². The minimum absolute atomic E-state index is 0.0528. The average Bonchev–Trinajstić information content (AvgIpc) is 2.15. The van der Waals surface area contributed by atoms with Crippen LogP contribution >= 0.6 is 0 Å². The third-order valence-electron chi connectivity index (χ3n) is 1.94. The highest BCUT2D eigenvalue weighted by atomic mass is 19.1. The van der Waals surface area contributed by atoms with Crippen molar-refractivity contribution >= 4 is 5.97 Å². The molecule has 3 nitrogen and oxygen atoms in total. The highest BCUT2D eigenvalue weighted by Gasteiger charge is 2.10. The van der Waals surface area contributed by atoms with Gasteiger partial charge in [0, 0.05) is 12.0 Å². The molecule has 1 aromatic carbocycles. The number of carboxylic acid groups (broad SMARTS) is 1. The average molecular weight is 230 g/mol. The van der Waals surface area contributed by atoms with Crippen LogP contribution in [0, 0.1) is 17.6 Å². The molecule has 0 amide bonds. The van der Waals surface area contributed by atoms with Crippen LogP contribution in [0.4, 0.5) is 8.78 Å². The first-order valence-corrected chi connectivity index (χ1v) is 4.78. The number of halogens is 2. The standard InChI is InChI=1S/C11H12F2O3/c1-7(4-11(14)15)6-16-10-3-2-8(12)5-9(10)13/h2-3,5,7H,4,6H2,1H3,(H,14,15). The minimum Gasteiger partial charge on any atom is -0.490 e. The summed E-state index contributed by atoms with van der Waals surface area (Å²) in [6.45, 7) is 1.75. The zero-order valence-corrected chi connectivity index (χ0v) is 8.74. The quantitative estimate of drug-likeness (QED) is 0.845. The molecule has 0 radical (unpaired) electrons. The smallest absolute Gasteiger partial charge is 0.303 e. The molecule has 0 fully saturated rings. The van der Waals surface area contributed by atoms with Crippen LogP contribution in [0.3, 0.4) is 0 Å². The monoisotopic (exact) mass is 230 g/mol. The fourth-order valence-corrected chi connectivity index (χ4v) is 1.18. The van der Waals surface area contributed by atoms with Gasteiger partial charge in [0.25, 0.3) is 0 Å². The molecule has 0 bridgehead atoms. The molecule has 0 aromatic heterocycles. The first kappa shape index (κ1) is 12.4. The van der Waals surface area contributed by atoms with E-state index in [1.54, 1.807) is 6.92 Å². The van der Waals surface area contributed by atoms with Crippen LogP contribution in [0.1, 0.15) is 13.3 Å². The third kappa shape index (κ3) is 3.84. The van der Waals surface area contributed by atoms with Crippen molar-refractivity contribution in [2.24, 2.45) is 5.92 Å². The summed E-state index contributed by atoms with van der Waals surface area (Å²) < 4.78 is 30.7. The molecule has 5 heteroatoms. The molecule has 0 heterocycles. The van der Waals surface area contributed by atoms with Gasteiger partial charge in [-0.05, 0) is 12.1 Å². The number of carboxylic acids is 1. The predicted molar refractivity (Wildman–Crippen MR) is 53.3 cm³/mol. The zero-order valence-electron chi connectivity index (χ0n) is 8.74. The number of ether oxygens (including phenoxy) is 1. The van der Waals surface area contributed by atoms with Crippen molar-refractivity contribution in [2.45, 2.75) is 13.3 Å². The maximum absolute atomic E-state index is 13.1. The molecule has 88 valence electrons. The number of carbonyl (C=O) groups is 1. The Morgan fingerprint density at radius 1 is 1.50 bits per heavy atom. The highest BCUT2D eigenvalue weighted by Crippen LogP contribution is 2.18. The molecule has 1 aromatic rings. The second-order valence-electron chi connectivity index (χ2n) is 3.59. The lowest BCUT2D eigenvalue weighted by atomic mass is 10.1. The van der Waals surface area contributed by atoms with E-state index < -0.39 is 17.6 Å². The Bertz CT molecular complexity index is 379. The molecular weight excluding hydrogens is 218 g/mol. The summed E-state index contributed by atoms with van der Waals surface area (Å²) in [5.41, 5.74) is 0. The lowest BCUT2D eigenvalue weighted by Crippen LogP contribution is -2.13. The van der Waals surface area contributed by atoms with Crippen LogP contribution in [0.25, 0.3) is 0 Å². The van der Waals surface area contributed by atoms with Gasteiger partial charge in [0.05, 0.1) is 13.0 Å². The molecular formula is C11H12F2O3. The summed E-state index contributed by atoms with van der Waals surface area (Å²) >= 11 is 0. The Balaban J connectivity index is 2.51. The minimum atomic E-state index is -0.935. The summed E-state index contributed by atoms with van der Waals surface area (Å²) in [5.74, 6) is -2.71. The van der Waals surface area contributed by atoms with E-state index in [-0.39, 0.29) is 24.7 Å². The molecule has 1 atom stereocenters. The molecule has 0 aliphatic rings. The number of hydrogen-bond acceptors (Lipinski definition) is 2. The predicted octanol–water partition coefficient (Wildman–Crippen LogP) is 2.45. The molecule has 1 rings (SSSR count). The fourth-order valence-electron chi connectivity index (χ4n) is 1.18. The van der Waals surface area contributed by atoms with Gasteiger partial charge in [-0.25, -0.2) is 8.78 Å². The molecule has 0 aliphatic heterocycles. The first-order valence-electron chi connectivity index (χ1n) is 4.78. The van der Waals surface area contributed by atoms with Crippen molar-refractivity contribution < 1.29 is 23.4 Å². The largest absolute Gasteiger partial charge is 0.490 e. The summed E-state index contributed by atoms with van der Waals surface area (Å²) in [5, 5.41) is 8.49. The Labute approximate surface area is 91.7 Å². The van der Waals surface area contributed by atoms with Gasteiger partial charge in [-0.3, -0.25) is 4.79 Å². The van der Waals surface area contributed by atoms with Crippen LogP contribution in [0.5, 0.6) is 5.75 Å². The van der Waals surface area contributed by atoms with Gasteiger partial charge in [0.15, 0.2) is 11.6 Å². The van der Waals surface area contributed by atoms with Gasteiger partial charge in [-0.2, -0.15) is 0 Å². The molecule has 0 saturated carbocycles. The van der Waals surface area contributed by atoms with Gasteiger partial charge in [0.1, 0.15) is 5.82 Å². The summed E-state index contributed by atoms with van der Waals surface area (Å²) in [4.78, 5) is 10.4. The highest BCUT2D eigenvalue weighted by molar-refractivity contribution is 5.66. The normalized spacial score (nSPS) is 12.2. The molecule has 16 heavy (non-hydrogen) atoms. The van der Waals surface area contributed by atoms with E-state index in [1.807, 2.05) is 0 Å².